The molecule has 1 amide bonds. The van der Waals surface area contributed by atoms with Crippen LogP contribution < -0.4 is 9.99 Å². The Morgan fingerprint density at radius 1 is 1.07 bits per heavy atom. The van der Waals surface area contributed by atoms with Crippen LogP contribution in [0, 0.1) is 0 Å². The molecule has 0 saturated heterocycles. The van der Waals surface area contributed by atoms with Gasteiger partial charge in [-0.15, -0.1) is 0 Å². The molecular formula is C19H19ClN3O4+. The Kier molecular flexibility index (Phi) is 7.19. The Labute approximate surface area is 161 Å². The number of amides is 1. The summed E-state index contributed by atoms with van der Waals surface area (Å²) in [5, 5.41) is 4.27. The van der Waals surface area contributed by atoms with E-state index in [-0.39, 0.29) is 24.6 Å². The third kappa shape index (κ3) is 6.00. The monoisotopic (exact) mass is 388 g/mol. The van der Waals surface area contributed by atoms with Crippen molar-refractivity contribution in [3.8, 4) is 0 Å². The van der Waals surface area contributed by atoms with Gasteiger partial charge in [-0.3, -0.25) is 9.59 Å². The van der Waals surface area contributed by atoms with Gasteiger partial charge in [-0.1, -0.05) is 11.6 Å². The minimum Gasteiger partial charge on any atom is -0.461 e. The van der Waals surface area contributed by atoms with Gasteiger partial charge in [0.15, 0.2) is 12.4 Å². The summed E-state index contributed by atoms with van der Waals surface area (Å²) in [6.07, 6.45) is 3.23. The van der Waals surface area contributed by atoms with Crippen molar-refractivity contribution in [1.82, 2.24) is 5.43 Å². The van der Waals surface area contributed by atoms with Gasteiger partial charge >= 0.3 is 5.97 Å². The van der Waals surface area contributed by atoms with E-state index in [2.05, 4.69) is 10.5 Å². The van der Waals surface area contributed by atoms with Crippen molar-refractivity contribution in [2.75, 3.05) is 6.61 Å². The maximum atomic E-state index is 12.2. The van der Waals surface area contributed by atoms with Gasteiger partial charge in [0.25, 0.3) is 5.91 Å². The van der Waals surface area contributed by atoms with E-state index in [4.69, 9.17) is 16.3 Å². The molecule has 1 N–H and O–H groups in total. The van der Waals surface area contributed by atoms with Crippen LogP contribution in [0.15, 0.2) is 53.9 Å². The number of rotatable bonds is 7. The second-order valence-corrected chi connectivity index (χ2v) is 5.98. The lowest BCUT2D eigenvalue weighted by Gasteiger charge is -2.03. The van der Waals surface area contributed by atoms with Crippen molar-refractivity contribution in [3.63, 3.8) is 0 Å². The van der Waals surface area contributed by atoms with E-state index in [0.717, 1.165) is 0 Å². The number of nitrogens with zero attached hydrogens (tertiary/aromatic N) is 2. The summed E-state index contributed by atoms with van der Waals surface area (Å²) >= 11 is 5.81. The molecule has 0 bridgehead atoms. The molecule has 2 aromatic rings. The van der Waals surface area contributed by atoms with Gasteiger partial charge in [0.2, 0.25) is 12.3 Å². The van der Waals surface area contributed by atoms with Gasteiger partial charge in [-0.05, 0) is 38.1 Å². The predicted octanol–water partition coefficient (Wildman–Crippen LogP) is 2.18. The molecule has 8 heteroatoms. The Morgan fingerprint density at radius 3 is 2.30 bits per heavy atom. The first-order valence-corrected chi connectivity index (χ1v) is 8.58. The molecule has 0 unspecified atom stereocenters. The van der Waals surface area contributed by atoms with Gasteiger partial charge in [0, 0.05) is 22.7 Å². The fourth-order valence-corrected chi connectivity index (χ4v) is 2.21. The van der Waals surface area contributed by atoms with E-state index in [9.17, 15) is 14.4 Å². The summed E-state index contributed by atoms with van der Waals surface area (Å²) in [5.74, 6) is -1.15. The van der Waals surface area contributed by atoms with Crippen LogP contribution in [0.1, 0.15) is 34.6 Å². The SMILES string of the molecule is CCOC(=O)C(C)=NNC(=O)c1cc[n+](CC(=O)c2ccc(Cl)cc2)cc1. The summed E-state index contributed by atoms with van der Waals surface area (Å²) in [6, 6.07) is 9.75. The first-order valence-electron chi connectivity index (χ1n) is 8.20. The molecule has 7 nitrogen and oxygen atoms in total. The van der Waals surface area contributed by atoms with E-state index in [1.807, 2.05) is 0 Å². The molecule has 2 rings (SSSR count). The number of carbonyl (C=O) groups is 3. The van der Waals surface area contributed by atoms with Crippen molar-refractivity contribution < 1.29 is 23.7 Å². The lowest BCUT2D eigenvalue weighted by molar-refractivity contribution is -0.683. The molecule has 0 aliphatic rings. The number of esters is 1. The molecule has 27 heavy (non-hydrogen) atoms. The van der Waals surface area contributed by atoms with Crippen molar-refractivity contribution in [2.45, 2.75) is 20.4 Å². The third-order valence-electron chi connectivity index (χ3n) is 3.54. The van der Waals surface area contributed by atoms with Crippen LogP contribution in [0.2, 0.25) is 5.02 Å². The minimum atomic E-state index is -0.593. The highest BCUT2D eigenvalue weighted by atomic mass is 35.5. The van der Waals surface area contributed by atoms with E-state index >= 15 is 0 Å². The van der Waals surface area contributed by atoms with E-state index in [1.54, 1.807) is 60.3 Å². The number of nitrogens with one attached hydrogen (secondary N) is 1. The van der Waals surface area contributed by atoms with Crippen LogP contribution in [0.4, 0.5) is 0 Å². The average molecular weight is 389 g/mol. The zero-order valence-corrected chi connectivity index (χ0v) is 15.7. The Hall–Kier alpha value is -3.06. The van der Waals surface area contributed by atoms with Crippen LogP contribution in [0.25, 0.3) is 0 Å². The number of pyridine rings is 1. The number of hydrogen-bond acceptors (Lipinski definition) is 5. The van der Waals surface area contributed by atoms with Crippen molar-refractivity contribution in [3.05, 3.63) is 64.9 Å². The third-order valence-corrected chi connectivity index (χ3v) is 3.79. The molecule has 0 aliphatic carbocycles. The highest BCUT2D eigenvalue weighted by molar-refractivity contribution is 6.35. The summed E-state index contributed by atoms with van der Waals surface area (Å²) in [6.45, 7) is 3.48. The standard InChI is InChI=1S/C19H18ClN3O4/c1-3-27-19(26)13(2)21-22-18(25)15-8-10-23(11-9-15)12-17(24)14-4-6-16(20)7-5-14/h4-11H,3,12H2,1-2H3/p+1. The maximum absolute atomic E-state index is 12.2. The van der Waals surface area contributed by atoms with Crippen molar-refractivity contribution in [2.24, 2.45) is 5.10 Å². The highest BCUT2D eigenvalue weighted by Gasteiger charge is 2.14. The first kappa shape index (κ1) is 20.3. The molecule has 0 fully saturated rings. The second-order valence-electron chi connectivity index (χ2n) is 5.55. The topological polar surface area (TPSA) is 88.7 Å². The Bertz CT molecular complexity index is 862. The number of halogens is 1. The quantitative estimate of drug-likeness (QED) is 0.259. The lowest BCUT2D eigenvalue weighted by atomic mass is 10.1. The molecule has 0 atom stereocenters. The Balaban J connectivity index is 1.97. The molecule has 1 heterocycles. The van der Waals surface area contributed by atoms with Crippen LogP contribution in [0.5, 0.6) is 0 Å². The summed E-state index contributed by atoms with van der Waals surface area (Å²) in [4.78, 5) is 35.7. The van der Waals surface area contributed by atoms with E-state index < -0.39 is 11.9 Å². The number of Topliss-reactive ketones (excluding diaryl/α,β-unsaturated/α-hetero) is 1. The number of benzene rings is 1. The molecule has 140 valence electrons. The molecule has 0 radical (unpaired) electrons. The van der Waals surface area contributed by atoms with E-state index in [0.29, 0.717) is 16.1 Å². The number of aromatic nitrogens is 1. The number of hydrogen-bond donors (Lipinski definition) is 1. The molecule has 1 aromatic heterocycles. The predicted molar refractivity (Wildman–Crippen MR) is 99.6 cm³/mol. The fraction of sp³-hybridized carbons (Fsp3) is 0.211. The van der Waals surface area contributed by atoms with Gasteiger partial charge < -0.3 is 4.74 Å². The average Bonchev–Trinajstić information content (AvgIpc) is 2.67. The molecular weight excluding hydrogens is 370 g/mol. The second kappa shape index (κ2) is 9.59. The van der Waals surface area contributed by atoms with Crippen LogP contribution in [-0.2, 0) is 16.1 Å². The van der Waals surface area contributed by atoms with Crippen LogP contribution in [0.3, 0.4) is 0 Å². The molecule has 0 spiro atoms. The number of carbonyl (C=O) groups excluding carboxylic acids is 3. The van der Waals surface area contributed by atoms with Gasteiger partial charge in [-0.25, -0.2) is 10.2 Å². The zero-order valence-electron chi connectivity index (χ0n) is 14.9. The normalized spacial score (nSPS) is 11.0. The lowest BCUT2D eigenvalue weighted by Crippen LogP contribution is -2.37. The first-order chi connectivity index (χ1) is 12.9. The minimum absolute atomic E-state index is 0.0461. The molecule has 1 aromatic carbocycles. The number of ketones is 1. The summed E-state index contributed by atoms with van der Waals surface area (Å²) in [5.41, 5.74) is 3.23. The smallest absolute Gasteiger partial charge is 0.354 e. The van der Waals surface area contributed by atoms with Gasteiger partial charge in [-0.2, -0.15) is 9.67 Å². The maximum Gasteiger partial charge on any atom is 0.354 e. The Morgan fingerprint density at radius 2 is 1.70 bits per heavy atom. The molecule has 0 aliphatic heterocycles. The number of ether oxygens (including phenoxy) is 1. The summed E-state index contributed by atoms with van der Waals surface area (Å²) < 4.78 is 6.43. The van der Waals surface area contributed by atoms with Gasteiger partial charge in [0.1, 0.15) is 5.71 Å². The largest absolute Gasteiger partial charge is 0.461 e. The van der Waals surface area contributed by atoms with Gasteiger partial charge in [0.05, 0.1) is 12.2 Å². The zero-order chi connectivity index (χ0) is 19.8. The number of hydrazone groups is 1. The van der Waals surface area contributed by atoms with Crippen LogP contribution in [-0.4, -0.2) is 30.0 Å². The highest BCUT2D eigenvalue weighted by Crippen LogP contribution is 2.10. The van der Waals surface area contributed by atoms with E-state index in [1.165, 1.54) is 6.92 Å². The van der Waals surface area contributed by atoms with Crippen LogP contribution >= 0.6 is 11.6 Å². The fourth-order valence-electron chi connectivity index (χ4n) is 2.09. The van der Waals surface area contributed by atoms with Crippen molar-refractivity contribution >= 4 is 35.0 Å². The molecule has 0 saturated carbocycles. The summed E-state index contributed by atoms with van der Waals surface area (Å²) in [7, 11) is 0. The van der Waals surface area contributed by atoms with Crippen molar-refractivity contribution in [1.29, 1.82) is 0 Å².